The summed E-state index contributed by atoms with van der Waals surface area (Å²) in [4.78, 5) is 14.3. The Kier molecular flexibility index (Phi) is 2.75. The molecular weight excluding hydrogens is 246 g/mol. The molecule has 92 valence electrons. The summed E-state index contributed by atoms with van der Waals surface area (Å²) in [7, 11) is 0. The number of carbonyl (C=O) groups excluding carboxylic acids is 1. The summed E-state index contributed by atoms with van der Waals surface area (Å²) in [6, 6.07) is 11.9. The first-order valence-corrected chi connectivity index (χ1v) is 6.65. The van der Waals surface area contributed by atoms with Gasteiger partial charge >= 0.3 is 0 Å². The summed E-state index contributed by atoms with van der Waals surface area (Å²) in [6.45, 7) is 2.74. The van der Waals surface area contributed by atoms with Gasteiger partial charge in [-0.25, -0.2) is 0 Å². The van der Waals surface area contributed by atoms with Gasteiger partial charge in [-0.3, -0.25) is 4.79 Å². The summed E-state index contributed by atoms with van der Waals surface area (Å²) in [5.74, 6) is 0.953. The lowest BCUT2D eigenvalue weighted by Crippen LogP contribution is -2.31. The van der Waals surface area contributed by atoms with Crippen molar-refractivity contribution in [3.8, 4) is 0 Å². The van der Waals surface area contributed by atoms with Crippen LogP contribution in [0.25, 0.3) is 10.8 Å². The molecule has 1 atom stereocenters. The monoisotopic (exact) mass is 259 g/mol. The van der Waals surface area contributed by atoms with Gasteiger partial charge < -0.3 is 4.90 Å². The Balaban J connectivity index is 2.13. The third-order valence-electron chi connectivity index (χ3n) is 3.41. The van der Waals surface area contributed by atoms with Gasteiger partial charge in [0, 0.05) is 23.4 Å². The highest BCUT2D eigenvalue weighted by atomic mass is 35.5. The molecule has 18 heavy (non-hydrogen) atoms. The maximum atomic E-state index is 12.4. The third kappa shape index (κ3) is 1.60. The van der Waals surface area contributed by atoms with Crippen LogP contribution in [0.5, 0.6) is 0 Å². The average Bonchev–Trinajstić information content (AvgIpc) is 2.67. The van der Waals surface area contributed by atoms with Crippen molar-refractivity contribution in [1.82, 2.24) is 0 Å². The summed E-state index contributed by atoms with van der Waals surface area (Å²) >= 11 is 5.85. The van der Waals surface area contributed by atoms with E-state index >= 15 is 0 Å². The first kappa shape index (κ1) is 11.5. The number of alkyl halides is 1. The second kappa shape index (κ2) is 4.29. The molecule has 0 fully saturated rings. The van der Waals surface area contributed by atoms with E-state index in [9.17, 15) is 4.79 Å². The largest absolute Gasteiger partial charge is 0.307 e. The van der Waals surface area contributed by atoms with Gasteiger partial charge in [0.25, 0.3) is 5.91 Å². The molecule has 0 aromatic heterocycles. The Morgan fingerprint density at radius 2 is 1.94 bits per heavy atom. The van der Waals surface area contributed by atoms with E-state index in [1.807, 2.05) is 41.3 Å². The zero-order valence-electron chi connectivity index (χ0n) is 10.2. The SMILES string of the molecule is CC(CCl)CN1C(=O)c2cccc3cccc1c23. The molecule has 0 radical (unpaired) electrons. The normalized spacial score (nSPS) is 15.4. The third-order valence-corrected chi connectivity index (χ3v) is 3.93. The van der Waals surface area contributed by atoms with E-state index in [2.05, 4.69) is 6.92 Å². The minimum absolute atomic E-state index is 0.0961. The number of hydrogen-bond donors (Lipinski definition) is 0. The second-order valence-corrected chi connectivity index (χ2v) is 5.16. The molecule has 0 aliphatic carbocycles. The standard InChI is InChI=1S/C15H14ClNO/c1-10(8-16)9-17-13-7-3-5-11-4-2-6-12(14(11)13)15(17)18/h2-7,10H,8-9H2,1H3. The molecule has 2 aromatic carbocycles. The van der Waals surface area contributed by atoms with E-state index in [0.717, 1.165) is 22.0 Å². The molecule has 1 aliphatic heterocycles. The van der Waals surface area contributed by atoms with Crippen molar-refractivity contribution in [3.63, 3.8) is 0 Å². The van der Waals surface area contributed by atoms with Gasteiger partial charge in [-0.2, -0.15) is 0 Å². The first-order valence-electron chi connectivity index (χ1n) is 6.12. The molecule has 2 nitrogen and oxygen atoms in total. The minimum Gasteiger partial charge on any atom is -0.307 e. The lowest BCUT2D eigenvalue weighted by Gasteiger charge is -2.20. The van der Waals surface area contributed by atoms with Crippen LogP contribution in [-0.2, 0) is 0 Å². The molecule has 0 saturated heterocycles. The predicted octanol–water partition coefficient (Wildman–Crippen LogP) is 3.67. The fraction of sp³-hybridized carbons (Fsp3) is 0.267. The van der Waals surface area contributed by atoms with Gasteiger partial charge in [0.05, 0.1) is 5.69 Å². The Morgan fingerprint density at radius 3 is 2.67 bits per heavy atom. The fourth-order valence-corrected chi connectivity index (χ4v) is 2.62. The van der Waals surface area contributed by atoms with Crippen LogP contribution in [0.15, 0.2) is 36.4 Å². The number of rotatable bonds is 3. The highest BCUT2D eigenvalue weighted by Gasteiger charge is 2.29. The zero-order valence-corrected chi connectivity index (χ0v) is 10.9. The van der Waals surface area contributed by atoms with E-state index in [0.29, 0.717) is 18.3 Å². The summed E-state index contributed by atoms with van der Waals surface area (Å²) in [5, 5.41) is 2.20. The lowest BCUT2D eigenvalue weighted by atomic mass is 10.1. The number of nitrogens with zero attached hydrogens (tertiary/aromatic N) is 1. The van der Waals surface area contributed by atoms with Gasteiger partial charge in [0.1, 0.15) is 0 Å². The van der Waals surface area contributed by atoms with E-state index < -0.39 is 0 Å². The van der Waals surface area contributed by atoms with E-state index in [4.69, 9.17) is 11.6 Å². The molecule has 0 bridgehead atoms. The Labute approximate surface area is 111 Å². The van der Waals surface area contributed by atoms with Crippen molar-refractivity contribution in [3.05, 3.63) is 42.0 Å². The molecule has 1 unspecified atom stereocenters. The van der Waals surface area contributed by atoms with Crippen LogP contribution in [0.3, 0.4) is 0 Å². The number of hydrogen-bond acceptors (Lipinski definition) is 1. The maximum Gasteiger partial charge on any atom is 0.259 e. The highest BCUT2D eigenvalue weighted by molar-refractivity contribution is 6.25. The number of benzene rings is 2. The smallest absolute Gasteiger partial charge is 0.259 e. The first-order chi connectivity index (χ1) is 8.72. The van der Waals surface area contributed by atoms with Crippen molar-refractivity contribution in [2.45, 2.75) is 6.92 Å². The van der Waals surface area contributed by atoms with Crippen molar-refractivity contribution in [2.75, 3.05) is 17.3 Å². The topological polar surface area (TPSA) is 20.3 Å². The molecule has 3 rings (SSSR count). The number of amides is 1. The van der Waals surface area contributed by atoms with Crippen LogP contribution < -0.4 is 4.90 Å². The van der Waals surface area contributed by atoms with Crippen LogP contribution >= 0.6 is 11.6 Å². The Bertz CT molecular complexity index is 618. The van der Waals surface area contributed by atoms with Crippen molar-refractivity contribution in [2.24, 2.45) is 5.92 Å². The van der Waals surface area contributed by atoms with Crippen molar-refractivity contribution >= 4 is 34.0 Å². The van der Waals surface area contributed by atoms with Crippen molar-refractivity contribution < 1.29 is 4.79 Å². The fourth-order valence-electron chi connectivity index (χ4n) is 2.52. The quantitative estimate of drug-likeness (QED) is 0.770. The van der Waals surface area contributed by atoms with E-state index in [1.165, 1.54) is 0 Å². The Hall–Kier alpha value is -1.54. The van der Waals surface area contributed by atoms with Gasteiger partial charge in [-0.05, 0) is 23.4 Å². The average molecular weight is 260 g/mol. The summed E-state index contributed by atoms with van der Waals surface area (Å²) < 4.78 is 0. The maximum absolute atomic E-state index is 12.4. The van der Waals surface area contributed by atoms with Gasteiger partial charge in [-0.15, -0.1) is 11.6 Å². The van der Waals surface area contributed by atoms with Gasteiger partial charge in [0.2, 0.25) is 0 Å². The summed E-state index contributed by atoms with van der Waals surface area (Å²) in [5.41, 5.74) is 1.83. The molecule has 1 heterocycles. The molecule has 0 saturated carbocycles. The van der Waals surface area contributed by atoms with E-state index in [1.54, 1.807) is 0 Å². The van der Waals surface area contributed by atoms with Gasteiger partial charge in [-0.1, -0.05) is 31.2 Å². The lowest BCUT2D eigenvalue weighted by molar-refractivity contribution is 0.0990. The van der Waals surface area contributed by atoms with Crippen molar-refractivity contribution in [1.29, 1.82) is 0 Å². The Morgan fingerprint density at radius 1 is 1.22 bits per heavy atom. The number of anilines is 1. The predicted molar refractivity (Wildman–Crippen MR) is 75.5 cm³/mol. The van der Waals surface area contributed by atoms with E-state index in [-0.39, 0.29) is 5.91 Å². The van der Waals surface area contributed by atoms with Gasteiger partial charge in [0.15, 0.2) is 0 Å². The second-order valence-electron chi connectivity index (χ2n) is 4.86. The molecule has 3 heteroatoms. The van der Waals surface area contributed by atoms with Crippen LogP contribution in [0.1, 0.15) is 17.3 Å². The highest BCUT2D eigenvalue weighted by Crippen LogP contribution is 2.37. The zero-order chi connectivity index (χ0) is 12.7. The number of carbonyl (C=O) groups is 1. The summed E-state index contributed by atoms with van der Waals surface area (Å²) in [6.07, 6.45) is 0. The van der Waals surface area contributed by atoms with Crippen LogP contribution in [-0.4, -0.2) is 18.3 Å². The molecule has 0 N–H and O–H groups in total. The molecule has 1 aliphatic rings. The van der Waals surface area contributed by atoms with Crippen LogP contribution in [0, 0.1) is 5.92 Å². The van der Waals surface area contributed by atoms with Crippen LogP contribution in [0.2, 0.25) is 0 Å². The minimum atomic E-state index is 0.0961. The molecule has 0 spiro atoms. The van der Waals surface area contributed by atoms with Crippen LogP contribution in [0.4, 0.5) is 5.69 Å². The molecule has 2 aromatic rings. The molecule has 1 amide bonds. The number of halogens is 1. The molecular formula is C15H14ClNO.